The number of rotatable bonds is 3. The Kier molecular flexibility index (Phi) is 8.83. The minimum atomic E-state index is 0.0492. The van der Waals surface area contributed by atoms with Gasteiger partial charge in [0, 0.05) is 32.6 Å². The van der Waals surface area contributed by atoms with Gasteiger partial charge in [-0.3, -0.25) is 0 Å². The van der Waals surface area contributed by atoms with Crippen LogP contribution in [0.3, 0.4) is 0 Å². The quantitative estimate of drug-likeness (QED) is 0.168. The van der Waals surface area contributed by atoms with Crippen LogP contribution in [0.2, 0.25) is 0 Å². The third kappa shape index (κ3) is 6.45. The van der Waals surface area contributed by atoms with Gasteiger partial charge in [0.15, 0.2) is 0 Å². The lowest BCUT2D eigenvalue weighted by atomic mass is 9.85. The third-order valence-corrected chi connectivity index (χ3v) is 13.5. The van der Waals surface area contributed by atoms with Crippen LogP contribution in [0.1, 0.15) is 105 Å². The molecule has 10 aromatic rings. The van der Waals surface area contributed by atoms with Gasteiger partial charge in [0.05, 0.1) is 27.8 Å². The first-order chi connectivity index (χ1) is 29.3. The van der Waals surface area contributed by atoms with Gasteiger partial charge in [-0.25, -0.2) is 0 Å². The molecule has 0 aliphatic carbocycles. The third-order valence-electron chi connectivity index (χ3n) is 13.5. The molecule has 0 bridgehead atoms. The van der Waals surface area contributed by atoms with E-state index in [-0.39, 0.29) is 21.7 Å². The van der Waals surface area contributed by atoms with Gasteiger partial charge in [0.25, 0.3) is 0 Å². The molecule has 0 aliphatic rings. The van der Waals surface area contributed by atoms with Crippen LogP contribution in [0.15, 0.2) is 146 Å². The van der Waals surface area contributed by atoms with E-state index in [4.69, 9.17) is 0 Å². The zero-order chi connectivity index (χ0) is 43.7. The highest BCUT2D eigenvalue weighted by Gasteiger charge is 2.24. The summed E-state index contributed by atoms with van der Waals surface area (Å²) in [4.78, 5) is 0. The monoisotopic (exact) mass is 808 g/mol. The first kappa shape index (κ1) is 40.0. The lowest BCUT2D eigenvalue weighted by molar-refractivity contribution is 0.590. The maximum absolute atomic E-state index is 2.51. The Morgan fingerprint density at radius 1 is 0.290 bits per heavy atom. The SMILES string of the molecule is CC(C)(C)c1ccc2c(c1)c1cc(C(C)(C)C)ccc1n2-c1ccc2c(-c3cccc4c(-n5c6ccc(C(C)(C)C)cc6c6cc(C(C)(C)C)ccc65)cccc34)cccc2c1. The zero-order valence-corrected chi connectivity index (χ0v) is 38.8. The largest absolute Gasteiger partial charge is 0.309 e. The van der Waals surface area contributed by atoms with Crippen LogP contribution < -0.4 is 0 Å². The Bertz CT molecular complexity index is 3290. The molecule has 10 rings (SSSR count). The van der Waals surface area contributed by atoms with E-state index in [0.717, 1.165) is 0 Å². The molecule has 0 spiro atoms. The molecular weight excluding hydrogens is 749 g/mol. The minimum Gasteiger partial charge on any atom is -0.309 e. The summed E-state index contributed by atoms with van der Waals surface area (Å²) in [5.41, 5.74) is 15.5. The fraction of sp³-hybridized carbons (Fsp3) is 0.267. The number of benzene rings is 8. The molecule has 0 unspecified atom stereocenters. The number of fused-ring (bicyclic) bond motifs is 8. The average Bonchev–Trinajstić information content (AvgIpc) is 3.73. The Hall–Kier alpha value is -6.12. The van der Waals surface area contributed by atoms with E-state index in [2.05, 4.69) is 238 Å². The molecular formula is C60H60N2. The highest BCUT2D eigenvalue weighted by atomic mass is 15.0. The normalized spacial score (nSPS) is 13.2. The van der Waals surface area contributed by atoms with Crippen molar-refractivity contribution in [2.24, 2.45) is 0 Å². The fourth-order valence-electron chi connectivity index (χ4n) is 9.82. The highest BCUT2D eigenvalue weighted by Crippen LogP contribution is 2.43. The Morgan fingerprint density at radius 2 is 0.677 bits per heavy atom. The molecule has 0 saturated heterocycles. The molecule has 310 valence electrons. The topological polar surface area (TPSA) is 9.86 Å². The van der Waals surface area contributed by atoms with Gasteiger partial charge in [0.1, 0.15) is 0 Å². The lowest BCUT2D eigenvalue weighted by Gasteiger charge is -2.19. The maximum atomic E-state index is 2.51. The van der Waals surface area contributed by atoms with Gasteiger partial charge in [-0.1, -0.05) is 162 Å². The van der Waals surface area contributed by atoms with Crippen LogP contribution in [-0.4, -0.2) is 9.13 Å². The summed E-state index contributed by atoms with van der Waals surface area (Å²) in [5.74, 6) is 0. The predicted octanol–water partition coefficient (Wildman–Crippen LogP) is 17.0. The van der Waals surface area contributed by atoms with Crippen LogP contribution in [0.4, 0.5) is 0 Å². The fourth-order valence-corrected chi connectivity index (χ4v) is 9.82. The van der Waals surface area contributed by atoms with Crippen molar-refractivity contribution in [1.29, 1.82) is 0 Å². The molecule has 0 fully saturated rings. The van der Waals surface area contributed by atoms with Crippen LogP contribution >= 0.6 is 0 Å². The summed E-state index contributed by atoms with van der Waals surface area (Å²) in [5, 5.41) is 10.2. The van der Waals surface area contributed by atoms with E-state index in [9.17, 15) is 0 Å². The molecule has 2 aromatic heterocycles. The van der Waals surface area contributed by atoms with Gasteiger partial charge in [-0.05, 0) is 138 Å². The first-order valence-electron chi connectivity index (χ1n) is 22.5. The number of hydrogen-bond donors (Lipinski definition) is 0. The van der Waals surface area contributed by atoms with Crippen molar-refractivity contribution in [1.82, 2.24) is 9.13 Å². The smallest absolute Gasteiger partial charge is 0.0541 e. The number of aromatic nitrogens is 2. The first-order valence-corrected chi connectivity index (χ1v) is 22.5. The van der Waals surface area contributed by atoms with Crippen LogP contribution in [-0.2, 0) is 21.7 Å². The molecule has 0 amide bonds. The second kappa shape index (κ2) is 13.7. The predicted molar refractivity (Wildman–Crippen MR) is 270 cm³/mol. The molecule has 0 N–H and O–H groups in total. The molecule has 0 radical (unpaired) electrons. The Balaban J connectivity index is 1.15. The Labute approximate surface area is 367 Å². The summed E-state index contributed by atoms with van der Waals surface area (Å²) >= 11 is 0. The van der Waals surface area contributed by atoms with Crippen molar-refractivity contribution in [2.75, 3.05) is 0 Å². The summed E-state index contributed by atoms with van der Waals surface area (Å²) < 4.78 is 4.98. The van der Waals surface area contributed by atoms with E-state index in [1.54, 1.807) is 0 Å². The number of hydrogen-bond acceptors (Lipinski definition) is 0. The van der Waals surface area contributed by atoms with Gasteiger partial charge in [0.2, 0.25) is 0 Å². The van der Waals surface area contributed by atoms with Gasteiger partial charge < -0.3 is 9.13 Å². The van der Waals surface area contributed by atoms with Crippen molar-refractivity contribution in [3.05, 3.63) is 168 Å². The minimum absolute atomic E-state index is 0.0492. The maximum Gasteiger partial charge on any atom is 0.0541 e. The zero-order valence-electron chi connectivity index (χ0n) is 38.8. The average molecular weight is 809 g/mol. The van der Waals surface area contributed by atoms with E-state index < -0.39 is 0 Å². The van der Waals surface area contributed by atoms with Crippen molar-refractivity contribution < 1.29 is 0 Å². The van der Waals surface area contributed by atoms with Gasteiger partial charge >= 0.3 is 0 Å². The standard InChI is InChI=1S/C60H60N2/c1-57(2,3)38-22-28-53-48(33-38)49-34-39(58(4,5)6)23-29-54(49)61(53)42-26-27-43-37(32-42)16-13-17-44(43)45-18-14-20-47-46(45)19-15-21-52(47)62-55-30-24-40(59(7,8)9)35-50(55)51-36-41(60(10,11)12)25-31-56(51)62/h13-36H,1-12H3. The van der Waals surface area contributed by atoms with Crippen molar-refractivity contribution in [3.63, 3.8) is 0 Å². The molecule has 0 atom stereocenters. The van der Waals surface area contributed by atoms with E-state index >= 15 is 0 Å². The molecule has 8 aromatic carbocycles. The summed E-state index contributed by atoms with van der Waals surface area (Å²) in [6, 6.07) is 56.0. The molecule has 2 heterocycles. The molecule has 0 aliphatic heterocycles. The molecule has 2 heteroatoms. The van der Waals surface area contributed by atoms with Crippen molar-refractivity contribution in [3.8, 4) is 22.5 Å². The van der Waals surface area contributed by atoms with Crippen molar-refractivity contribution in [2.45, 2.75) is 105 Å². The van der Waals surface area contributed by atoms with Crippen LogP contribution in [0.5, 0.6) is 0 Å². The molecule has 62 heavy (non-hydrogen) atoms. The second-order valence-electron chi connectivity index (χ2n) is 22.0. The molecule has 0 saturated carbocycles. The second-order valence-corrected chi connectivity index (χ2v) is 22.0. The van der Waals surface area contributed by atoms with Crippen LogP contribution in [0, 0.1) is 0 Å². The van der Waals surface area contributed by atoms with Crippen molar-refractivity contribution >= 4 is 65.2 Å². The number of nitrogens with zero attached hydrogens (tertiary/aromatic N) is 2. The lowest BCUT2D eigenvalue weighted by Crippen LogP contribution is -2.10. The summed E-state index contributed by atoms with van der Waals surface area (Å²) in [6.45, 7) is 27.7. The highest BCUT2D eigenvalue weighted by molar-refractivity contribution is 6.14. The molecule has 2 nitrogen and oxygen atoms in total. The van der Waals surface area contributed by atoms with E-state index in [0.29, 0.717) is 0 Å². The summed E-state index contributed by atoms with van der Waals surface area (Å²) in [7, 11) is 0. The Morgan fingerprint density at radius 3 is 1.13 bits per heavy atom. The summed E-state index contributed by atoms with van der Waals surface area (Å²) in [6.07, 6.45) is 0. The van der Waals surface area contributed by atoms with Gasteiger partial charge in [-0.15, -0.1) is 0 Å². The van der Waals surface area contributed by atoms with Crippen LogP contribution in [0.25, 0.3) is 87.7 Å². The van der Waals surface area contributed by atoms with E-state index in [1.807, 2.05) is 0 Å². The van der Waals surface area contributed by atoms with E-state index in [1.165, 1.54) is 110 Å². The van der Waals surface area contributed by atoms with Gasteiger partial charge in [-0.2, -0.15) is 0 Å².